The molecule has 0 aromatic carbocycles. The summed E-state index contributed by atoms with van der Waals surface area (Å²) in [6.45, 7) is 2.23. The molecule has 0 radical (unpaired) electrons. The van der Waals surface area contributed by atoms with E-state index < -0.39 is 0 Å². The first kappa shape index (κ1) is 11.5. The molecule has 0 saturated heterocycles. The number of oxime groups is 1. The number of unbranched alkanes of at least 4 members (excludes halogenated alkanes) is 7. The van der Waals surface area contributed by atoms with Crippen molar-refractivity contribution in [1.29, 1.82) is 0 Å². The fraction of sp³-hybridized carbons (Fsp3) is 0.900. The molecule has 0 rings (SSSR count). The molecule has 0 heterocycles. The maximum Gasteiger partial charge on any atom is 0.0435 e. The van der Waals surface area contributed by atoms with Crippen LogP contribution < -0.4 is 0 Å². The molecule has 72 valence electrons. The van der Waals surface area contributed by atoms with Gasteiger partial charge in [0.2, 0.25) is 0 Å². The molecule has 0 unspecified atom stereocenters. The summed E-state index contributed by atoms with van der Waals surface area (Å²) < 4.78 is 0. The highest BCUT2D eigenvalue weighted by Gasteiger charge is 1.89. The summed E-state index contributed by atoms with van der Waals surface area (Å²) in [7, 11) is 0. The van der Waals surface area contributed by atoms with Crippen molar-refractivity contribution < 1.29 is 5.21 Å². The third-order valence-electron chi connectivity index (χ3n) is 2.02. The average molecular weight is 171 g/mol. The lowest BCUT2D eigenvalue weighted by Gasteiger charge is -1.97. The fourth-order valence-electron chi connectivity index (χ4n) is 1.25. The van der Waals surface area contributed by atoms with Crippen molar-refractivity contribution in [1.82, 2.24) is 0 Å². The smallest absolute Gasteiger partial charge is 0.0435 e. The SMILES string of the molecule is CCCCCCCCCC=NO. The molecule has 2 heteroatoms. The Morgan fingerprint density at radius 3 is 2.17 bits per heavy atom. The van der Waals surface area contributed by atoms with Crippen LogP contribution in [0.25, 0.3) is 0 Å². The topological polar surface area (TPSA) is 32.6 Å². The van der Waals surface area contributed by atoms with E-state index in [2.05, 4.69) is 12.1 Å². The van der Waals surface area contributed by atoms with Crippen molar-refractivity contribution in [2.24, 2.45) is 5.16 Å². The standard InChI is InChI=1S/C10H21NO/c1-2-3-4-5-6-7-8-9-10-11-12/h10,12H,2-9H2,1H3. The van der Waals surface area contributed by atoms with Crippen LogP contribution in [0.3, 0.4) is 0 Å². The van der Waals surface area contributed by atoms with E-state index in [1.54, 1.807) is 6.21 Å². The lowest BCUT2D eigenvalue weighted by Crippen LogP contribution is -1.80. The summed E-state index contributed by atoms with van der Waals surface area (Å²) in [4.78, 5) is 0. The molecule has 0 aromatic heterocycles. The van der Waals surface area contributed by atoms with Crippen LogP contribution in [-0.2, 0) is 0 Å². The number of nitrogens with zero attached hydrogens (tertiary/aromatic N) is 1. The molecule has 0 atom stereocenters. The summed E-state index contributed by atoms with van der Waals surface area (Å²) in [5, 5.41) is 11.1. The highest BCUT2D eigenvalue weighted by atomic mass is 16.4. The van der Waals surface area contributed by atoms with Gasteiger partial charge in [0.25, 0.3) is 0 Å². The molecule has 2 nitrogen and oxygen atoms in total. The molecule has 12 heavy (non-hydrogen) atoms. The quantitative estimate of drug-likeness (QED) is 0.257. The second kappa shape index (κ2) is 10.5. The molecule has 0 aromatic rings. The van der Waals surface area contributed by atoms with E-state index in [4.69, 9.17) is 5.21 Å². The normalized spacial score (nSPS) is 11.1. The Balaban J connectivity index is 2.81. The molecule has 0 fully saturated rings. The number of hydrogen-bond acceptors (Lipinski definition) is 2. The first-order chi connectivity index (χ1) is 5.91. The van der Waals surface area contributed by atoms with E-state index in [0.29, 0.717) is 0 Å². The Morgan fingerprint density at radius 2 is 1.58 bits per heavy atom. The number of hydrogen-bond donors (Lipinski definition) is 1. The van der Waals surface area contributed by atoms with Crippen molar-refractivity contribution in [3.05, 3.63) is 0 Å². The van der Waals surface area contributed by atoms with Gasteiger partial charge in [-0.1, -0.05) is 45.4 Å². The molecular weight excluding hydrogens is 150 g/mol. The molecule has 0 aliphatic heterocycles. The predicted octanol–water partition coefficient (Wildman–Crippen LogP) is 3.59. The molecule has 0 aliphatic carbocycles. The van der Waals surface area contributed by atoms with Gasteiger partial charge >= 0.3 is 0 Å². The van der Waals surface area contributed by atoms with Gasteiger partial charge in [0.05, 0.1) is 0 Å². The third-order valence-corrected chi connectivity index (χ3v) is 2.02. The average Bonchev–Trinajstić information content (AvgIpc) is 2.10. The van der Waals surface area contributed by atoms with E-state index >= 15 is 0 Å². The molecular formula is C10H21NO. The van der Waals surface area contributed by atoms with Crippen LogP contribution in [0.5, 0.6) is 0 Å². The zero-order valence-corrected chi connectivity index (χ0v) is 8.13. The summed E-state index contributed by atoms with van der Waals surface area (Å²) in [6.07, 6.45) is 11.7. The van der Waals surface area contributed by atoms with Crippen LogP contribution in [-0.4, -0.2) is 11.4 Å². The summed E-state index contributed by atoms with van der Waals surface area (Å²) in [5.41, 5.74) is 0. The first-order valence-corrected chi connectivity index (χ1v) is 5.07. The van der Waals surface area contributed by atoms with Crippen molar-refractivity contribution in [3.63, 3.8) is 0 Å². The van der Waals surface area contributed by atoms with E-state index in [0.717, 1.165) is 12.8 Å². The molecule has 0 amide bonds. The van der Waals surface area contributed by atoms with Crippen LogP contribution in [0, 0.1) is 0 Å². The van der Waals surface area contributed by atoms with Crippen LogP contribution in [0.4, 0.5) is 0 Å². The zero-order valence-electron chi connectivity index (χ0n) is 8.13. The lowest BCUT2D eigenvalue weighted by molar-refractivity contribution is 0.320. The van der Waals surface area contributed by atoms with Gasteiger partial charge in [0, 0.05) is 6.21 Å². The van der Waals surface area contributed by atoms with Gasteiger partial charge in [-0.15, -0.1) is 5.16 Å². The molecule has 1 N–H and O–H groups in total. The van der Waals surface area contributed by atoms with Gasteiger partial charge in [-0.3, -0.25) is 0 Å². The van der Waals surface area contributed by atoms with E-state index in [1.165, 1.54) is 38.5 Å². The maximum atomic E-state index is 8.11. The summed E-state index contributed by atoms with van der Waals surface area (Å²) >= 11 is 0. The van der Waals surface area contributed by atoms with Gasteiger partial charge < -0.3 is 5.21 Å². The lowest BCUT2D eigenvalue weighted by atomic mass is 10.1. The zero-order chi connectivity index (χ0) is 9.07. The third kappa shape index (κ3) is 9.47. The highest BCUT2D eigenvalue weighted by Crippen LogP contribution is 2.07. The van der Waals surface area contributed by atoms with E-state index in [-0.39, 0.29) is 0 Å². The van der Waals surface area contributed by atoms with Gasteiger partial charge in [-0.25, -0.2) is 0 Å². The molecule has 0 bridgehead atoms. The maximum absolute atomic E-state index is 8.11. The van der Waals surface area contributed by atoms with Crippen molar-refractivity contribution in [3.8, 4) is 0 Å². The van der Waals surface area contributed by atoms with E-state index in [1.807, 2.05) is 0 Å². The van der Waals surface area contributed by atoms with Crippen LogP contribution in [0.15, 0.2) is 5.16 Å². The second-order valence-electron chi connectivity index (χ2n) is 3.21. The molecule has 0 aliphatic rings. The minimum atomic E-state index is 0.921. The van der Waals surface area contributed by atoms with Crippen molar-refractivity contribution >= 4 is 6.21 Å². The second-order valence-corrected chi connectivity index (χ2v) is 3.21. The Kier molecular flexibility index (Phi) is 10.0. The minimum absolute atomic E-state index is 0.921. The van der Waals surface area contributed by atoms with E-state index in [9.17, 15) is 0 Å². The van der Waals surface area contributed by atoms with Gasteiger partial charge in [0.1, 0.15) is 0 Å². The Hall–Kier alpha value is -0.530. The van der Waals surface area contributed by atoms with Gasteiger partial charge in [-0.2, -0.15) is 0 Å². The van der Waals surface area contributed by atoms with Crippen molar-refractivity contribution in [2.75, 3.05) is 0 Å². The Morgan fingerprint density at radius 1 is 1.00 bits per heavy atom. The molecule has 0 spiro atoms. The van der Waals surface area contributed by atoms with Gasteiger partial charge in [0.15, 0.2) is 0 Å². The Bertz CT molecular complexity index is 102. The first-order valence-electron chi connectivity index (χ1n) is 5.07. The van der Waals surface area contributed by atoms with Gasteiger partial charge in [-0.05, 0) is 12.8 Å². The van der Waals surface area contributed by atoms with Crippen LogP contribution in [0.1, 0.15) is 58.3 Å². The fourth-order valence-corrected chi connectivity index (χ4v) is 1.25. The minimum Gasteiger partial charge on any atom is -0.411 e. The van der Waals surface area contributed by atoms with Crippen molar-refractivity contribution in [2.45, 2.75) is 58.3 Å². The Labute approximate surface area is 75.7 Å². The monoisotopic (exact) mass is 171 g/mol. The summed E-state index contributed by atoms with van der Waals surface area (Å²) in [6, 6.07) is 0. The highest BCUT2D eigenvalue weighted by molar-refractivity contribution is 5.55. The largest absolute Gasteiger partial charge is 0.411 e. The van der Waals surface area contributed by atoms with Crippen LogP contribution >= 0.6 is 0 Å². The predicted molar refractivity (Wildman–Crippen MR) is 52.9 cm³/mol. The number of rotatable bonds is 8. The summed E-state index contributed by atoms with van der Waals surface area (Å²) in [5.74, 6) is 0. The molecule has 0 saturated carbocycles. The van der Waals surface area contributed by atoms with Crippen LogP contribution in [0.2, 0.25) is 0 Å².